The normalized spacial score (nSPS) is 11.2. The highest BCUT2D eigenvalue weighted by Crippen LogP contribution is 2.11. The number of nitrogens with zero attached hydrogens (tertiary/aromatic N) is 1. The molecule has 5 heteroatoms. The Hall–Kier alpha value is -0.650. The summed E-state index contributed by atoms with van der Waals surface area (Å²) in [6.07, 6.45) is 12.8. The molecule has 5 nitrogen and oxygen atoms in total. The highest BCUT2D eigenvalue weighted by atomic mass is 16.9. The average Bonchev–Trinajstić information content (AvgIpc) is 2.59. The van der Waals surface area contributed by atoms with Gasteiger partial charge in [-0.3, -0.25) is 14.5 Å². The minimum Gasteiger partial charge on any atom is -0.466 e. The Kier molecular flexibility index (Phi) is 18.2. The number of hydrogen-bond acceptors (Lipinski definition) is 5. The maximum atomic E-state index is 11.0. The second kappa shape index (κ2) is 18.7. The van der Waals surface area contributed by atoms with Gasteiger partial charge in [-0.05, 0) is 26.7 Å². The summed E-state index contributed by atoms with van der Waals surface area (Å²) in [6, 6.07) is 0. The zero-order valence-corrected chi connectivity index (χ0v) is 16.2. The maximum Gasteiger partial charge on any atom is 0.305 e. The number of hydrogen-bond donors (Lipinski definition) is 0. The molecule has 0 saturated heterocycles. The number of hydroxylamine groups is 2. The molecule has 0 aromatic rings. The van der Waals surface area contributed by atoms with Crippen LogP contribution in [0.4, 0.5) is 0 Å². The molecule has 144 valence electrons. The van der Waals surface area contributed by atoms with Crippen molar-refractivity contribution in [3.63, 3.8) is 0 Å². The fourth-order valence-corrected chi connectivity index (χ4v) is 2.50. The Morgan fingerprint density at radius 2 is 1.17 bits per heavy atom. The van der Waals surface area contributed by atoms with E-state index in [1.165, 1.54) is 51.4 Å². The lowest BCUT2D eigenvalue weighted by molar-refractivity contribution is -0.364. The average molecular weight is 346 g/mol. The Labute approximate surface area is 148 Å². The van der Waals surface area contributed by atoms with Crippen molar-refractivity contribution >= 4 is 5.97 Å². The molecular formula is C19H39NO4. The van der Waals surface area contributed by atoms with Crippen LogP contribution in [-0.4, -0.2) is 37.6 Å². The van der Waals surface area contributed by atoms with E-state index >= 15 is 0 Å². The van der Waals surface area contributed by atoms with Crippen molar-refractivity contribution < 1.29 is 19.2 Å². The predicted octanol–water partition coefficient (Wildman–Crippen LogP) is 5.05. The highest BCUT2D eigenvalue weighted by Gasteiger charge is 2.03. The van der Waals surface area contributed by atoms with Gasteiger partial charge in [0.25, 0.3) is 0 Å². The molecule has 0 N–H and O–H groups in total. The van der Waals surface area contributed by atoms with E-state index in [-0.39, 0.29) is 5.97 Å². The monoisotopic (exact) mass is 345 g/mol. The summed E-state index contributed by atoms with van der Waals surface area (Å²) < 4.78 is 5.06. The van der Waals surface area contributed by atoms with Gasteiger partial charge in [0.2, 0.25) is 0 Å². The zero-order chi connectivity index (χ0) is 17.9. The second-order valence-corrected chi connectivity index (χ2v) is 6.00. The molecule has 0 rings (SSSR count). The van der Waals surface area contributed by atoms with Crippen LogP contribution in [0.3, 0.4) is 0 Å². The van der Waals surface area contributed by atoms with Gasteiger partial charge in [-0.25, -0.2) is 0 Å². The Balaban J connectivity index is 3.21. The van der Waals surface area contributed by atoms with Crippen LogP contribution in [0.5, 0.6) is 0 Å². The standard InChI is InChI=1S/C19H39NO4/c1-4-19(21)22-18-16-14-12-10-8-7-9-11-13-15-17-20(23-5-2)24-6-3/h4-18H2,1-3H3. The summed E-state index contributed by atoms with van der Waals surface area (Å²) in [7, 11) is 0. The third kappa shape index (κ3) is 16.2. The van der Waals surface area contributed by atoms with Crippen LogP contribution in [0.25, 0.3) is 0 Å². The van der Waals surface area contributed by atoms with Crippen LogP contribution >= 0.6 is 0 Å². The Bertz CT molecular complexity index is 268. The van der Waals surface area contributed by atoms with Gasteiger partial charge in [-0.1, -0.05) is 63.5 Å². The van der Waals surface area contributed by atoms with Gasteiger partial charge in [0.05, 0.1) is 26.4 Å². The number of esters is 1. The van der Waals surface area contributed by atoms with Crippen molar-refractivity contribution in [3.05, 3.63) is 0 Å². The van der Waals surface area contributed by atoms with E-state index in [9.17, 15) is 4.79 Å². The Morgan fingerprint density at radius 1 is 0.708 bits per heavy atom. The van der Waals surface area contributed by atoms with E-state index in [2.05, 4.69) is 0 Å². The first-order chi connectivity index (χ1) is 11.7. The van der Waals surface area contributed by atoms with E-state index in [0.29, 0.717) is 26.2 Å². The fraction of sp³-hybridized carbons (Fsp3) is 0.947. The lowest BCUT2D eigenvalue weighted by Crippen LogP contribution is -2.25. The lowest BCUT2D eigenvalue weighted by Gasteiger charge is -2.19. The van der Waals surface area contributed by atoms with Gasteiger partial charge in [0.15, 0.2) is 0 Å². The molecule has 0 spiro atoms. The van der Waals surface area contributed by atoms with Crippen molar-refractivity contribution in [3.8, 4) is 0 Å². The first kappa shape index (κ1) is 23.4. The molecular weight excluding hydrogens is 306 g/mol. The molecule has 0 atom stereocenters. The summed E-state index contributed by atoms with van der Waals surface area (Å²) in [6.45, 7) is 8.53. The lowest BCUT2D eigenvalue weighted by atomic mass is 10.1. The van der Waals surface area contributed by atoms with Crippen LogP contribution in [0.2, 0.25) is 0 Å². The third-order valence-corrected chi connectivity index (χ3v) is 3.83. The van der Waals surface area contributed by atoms with Gasteiger partial charge >= 0.3 is 5.97 Å². The Morgan fingerprint density at radius 3 is 1.62 bits per heavy atom. The molecule has 0 amide bonds. The fourth-order valence-electron chi connectivity index (χ4n) is 2.50. The third-order valence-electron chi connectivity index (χ3n) is 3.83. The molecule has 0 aromatic carbocycles. The molecule has 0 aliphatic heterocycles. The van der Waals surface area contributed by atoms with Gasteiger partial charge < -0.3 is 4.74 Å². The number of unbranched alkanes of at least 4 members (excludes halogenated alkanes) is 9. The summed E-state index contributed by atoms with van der Waals surface area (Å²) >= 11 is 0. The number of ether oxygens (including phenoxy) is 1. The number of rotatable bonds is 18. The van der Waals surface area contributed by atoms with Gasteiger partial charge in [0, 0.05) is 6.42 Å². The van der Waals surface area contributed by atoms with Gasteiger partial charge in [-0.2, -0.15) is 0 Å². The quantitative estimate of drug-likeness (QED) is 0.198. The smallest absolute Gasteiger partial charge is 0.305 e. The van der Waals surface area contributed by atoms with Crippen molar-refractivity contribution in [1.29, 1.82) is 0 Å². The van der Waals surface area contributed by atoms with Crippen LogP contribution in [0, 0.1) is 0 Å². The molecule has 0 heterocycles. The van der Waals surface area contributed by atoms with Gasteiger partial charge in [-0.15, -0.1) is 0 Å². The summed E-state index contributed by atoms with van der Waals surface area (Å²) in [5.41, 5.74) is 0. The predicted molar refractivity (Wildman–Crippen MR) is 97.4 cm³/mol. The van der Waals surface area contributed by atoms with Gasteiger partial charge in [0.1, 0.15) is 0 Å². The molecule has 0 fully saturated rings. The zero-order valence-electron chi connectivity index (χ0n) is 16.2. The van der Waals surface area contributed by atoms with E-state index in [4.69, 9.17) is 14.4 Å². The van der Waals surface area contributed by atoms with Crippen molar-refractivity contribution in [2.45, 2.75) is 91.4 Å². The first-order valence-electron chi connectivity index (χ1n) is 9.93. The molecule has 0 aliphatic carbocycles. The first-order valence-corrected chi connectivity index (χ1v) is 9.93. The van der Waals surface area contributed by atoms with Crippen molar-refractivity contribution in [1.82, 2.24) is 5.23 Å². The van der Waals surface area contributed by atoms with Crippen LogP contribution < -0.4 is 0 Å². The van der Waals surface area contributed by atoms with Crippen molar-refractivity contribution in [2.75, 3.05) is 26.4 Å². The van der Waals surface area contributed by atoms with E-state index in [1.807, 2.05) is 20.8 Å². The summed E-state index contributed by atoms with van der Waals surface area (Å²) in [5.74, 6) is -0.0827. The topological polar surface area (TPSA) is 48.0 Å². The molecule has 24 heavy (non-hydrogen) atoms. The molecule has 0 bridgehead atoms. The number of carbonyl (C=O) groups excluding carboxylic acids is 1. The van der Waals surface area contributed by atoms with E-state index in [0.717, 1.165) is 19.4 Å². The minimum absolute atomic E-state index is 0.0827. The maximum absolute atomic E-state index is 11.0. The van der Waals surface area contributed by atoms with Crippen LogP contribution in [-0.2, 0) is 19.2 Å². The molecule has 0 saturated carbocycles. The van der Waals surface area contributed by atoms with E-state index < -0.39 is 0 Å². The molecule has 0 unspecified atom stereocenters. The van der Waals surface area contributed by atoms with Crippen molar-refractivity contribution in [2.24, 2.45) is 0 Å². The van der Waals surface area contributed by atoms with Crippen LogP contribution in [0.15, 0.2) is 0 Å². The number of carbonyl (C=O) groups is 1. The SMILES string of the molecule is CCON(CCCCCCCCCCCCOC(=O)CC)OCC. The summed E-state index contributed by atoms with van der Waals surface area (Å²) in [5, 5.41) is 1.62. The molecule has 0 aromatic heterocycles. The minimum atomic E-state index is -0.0827. The van der Waals surface area contributed by atoms with Crippen LogP contribution in [0.1, 0.15) is 91.4 Å². The molecule has 0 radical (unpaired) electrons. The largest absolute Gasteiger partial charge is 0.466 e. The van der Waals surface area contributed by atoms with E-state index in [1.54, 1.807) is 5.23 Å². The highest BCUT2D eigenvalue weighted by molar-refractivity contribution is 5.68. The molecule has 0 aliphatic rings. The summed E-state index contributed by atoms with van der Waals surface area (Å²) in [4.78, 5) is 21.7. The second-order valence-electron chi connectivity index (χ2n) is 6.00.